The summed E-state index contributed by atoms with van der Waals surface area (Å²) < 4.78 is 11.0. The Morgan fingerprint density at radius 2 is 1.44 bits per heavy atom. The van der Waals surface area contributed by atoms with E-state index < -0.39 is 23.8 Å². The molecule has 0 atom stereocenters. The maximum atomic E-state index is 12.7. The Hall–Kier alpha value is -3.55. The average Bonchev–Trinajstić information content (AvgIpc) is 3.09. The molecule has 0 unspecified atom stereocenters. The maximum absolute atomic E-state index is 12.7. The molecule has 2 aromatic carbocycles. The third-order valence-corrected chi connectivity index (χ3v) is 5.60. The number of nitrogens with zero attached hydrogens (tertiary/aromatic N) is 2. The van der Waals surface area contributed by atoms with Crippen LogP contribution in [0.3, 0.4) is 0 Å². The molecule has 0 aromatic heterocycles. The smallest absolute Gasteiger partial charge is 0.410 e. The summed E-state index contributed by atoms with van der Waals surface area (Å²) in [5.74, 6) is -1.06. The minimum absolute atomic E-state index is 0.0111. The van der Waals surface area contributed by atoms with Crippen LogP contribution in [0.25, 0.3) is 11.1 Å². The van der Waals surface area contributed by atoms with Crippen LogP contribution in [0, 0.1) is 0 Å². The summed E-state index contributed by atoms with van der Waals surface area (Å²) in [6.07, 6.45) is -1.34. The molecule has 0 heterocycles. The third-order valence-electron chi connectivity index (χ3n) is 5.60. The van der Waals surface area contributed by atoms with E-state index in [0.717, 1.165) is 22.3 Å². The van der Waals surface area contributed by atoms with E-state index in [0.29, 0.717) is 0 Å². The van der Waals surface area contributed by atoms with Crippen LogP contribution in [-0.2, 0) is 14.3 Å². The number of aliphatic carboxylic acids is 1. The molecule has 0 aliphatic heterocycles. The van der Waals surface area contributed by atoms with Gasteiger partial charge in [-0.05, 0) is 43.0 Å². The number of benzene rings is 2. The minimum Gasteiger partial charge on any atom is -0.481 e. The van der Waals surface area contributed by atoms with Crippen molar-refractivity contribution >= 4 is 18.2 Å². The highest BCUT2D eigenvalue weighted by molar-refractivity contribution is 5.79. The summed E-state index contributed by atoms with van der Waals surface area (Å²) >= 11 is 0. The van der Waals surface area contributed by atoms with Gasteiger partial charge >= 0.3 is 18.2 Å². The molecule has 0 fully saturated rings. The lowest BCUT2D eigenvalue weighted by atomic mass is 9.98. The van der Waals surface area contributed by atoms with Crippen molar-refractivity contribution in [2.75, 3.05) is 33.3 Å². The Morgan fingerprint density at radius 1 is 0.882 bits per heavy atom. The first-order valence-corrected chi connectivity index (χ1v) is 11.3. The second-order valence-corrected chi connectivity index (χ2v) is 9.34. The van der Waals surface area contributed by atoms with E-state index in [1.807, 2.05) is 24.3 Å². The molecule has 8 nitrogen and oxygen atoms in total. The Labute approximate surface area is 200 Å². The molecule has 0 spiro atoms. The summed E-state index contributed by atoms with van der Waals surface area (Å²) in [5, 5.41) is 8.99. The first-order valence-electron chi connectivity index (χ1n) is 11.3. The zero-order valence-corrected chi connectivity index (χ0v) is 20.1. The van der Waals surface area contributed by atoms with Crippen LogP contribution >= 0.6 is 0 Å². The van der Waals surface area contributed by atoms with Gasteiger partial charge in [-0.2, -0.15) is 0 Å². The van der Waals surface area contributed by atoms with Gasteiger partial charge < -0.3 is 24.4 Å². The SMILES string of the molecule is CN(CCN(CCC(=O)O)C(=O)OC(C)(C)C)C(=O)OCC1c2ccccc2-c2ccccc21. The number of carboxylic acid groups (broad SMARTS) is 1. The molecule has 34 heavy (non-hydrogen) atoms. The molecular formula is C26H32N2O6. The molecule has 2 amide bonds. The van der Waals surface area contributed by atoms with Crippen LogP contribution in [0.2, 0.25) is 0 Å². The van der Waals surface area contributed by atoms with Gasteiger partial charge in [-0.3, -0.25) is 4.79 Å². The van der Waals surface area contributed by atoms with Crippen molar-refractivity contribution in [2.24, 2.45) is 0 Å². The summed E-state index contributed by atoms with van der Waals surface area (Å²) in [6, 6.07) is 16.2. The number of fused-ring (bicyclic) bond motifs is 3. The number of likely N-dealkylation sites (N-methyl/N-ethyl adjacent to an activating group) is 1. The van der Waals surface area contributed by atoms with Gasteiger partial charge in [-0.25, -0.2) is 9.59 Å². The molecule has 2 aromatic rings. The van der Waals surface area contributed by atoms with E-state index >= 15 is 0 Å². The van der Waals surface area contributed by atoms with Crippen molar-refractivity contribution in [3.8, 4) is 11.1 Å². The van der Waals surface area contributed by atoms with E-state index in [4.69, 9.17) is 14.6 Å². The summed E-state index contributed by atoms with van der Waals surface area (Å²) in [5.41, 5.74) is 3.85. The van der Waals surface area contributed by atoms with Crippen molar-refractivity contribution < 1.29 is 29.0 Å². The van der Waals surface area contributed by atoms with Gasteiger partial charge in [0, 0.05) is 32.6 Å². The zero-order valence-electron chi connectivity index (χ0n) is 20.1. The van der Waals surface area contributed by atoms with Gasteiger partial charge in [0.05, 0.1) is 6.42 Å². The summed E-state index contributed by atoms with van der Waals surface area (Å²) in [4.78, 5) is 38.8. The van der Waals surface area contributed by atoms with E-state index in [2.05, 4.69) is 24.3 Å². The van der Waals surface area contributed by atoms with Crippen LogP contribution < -0.4 is 0 Å². The molecule has 8 heteroatoms. The largest absolute Gasteiger partial charge is 0.481 e. The first-order chi connectivity index (χ1) is 16.1. The van der Waals surface area contributed by atoms with Gasteiger partial charge in [0.25, 0.3) is 0 Å². The second-order valence-electron chi connectivity index (χ2n) is 9.34. The maximum Gasteiger partial charge on any atom is 0.410 e. The van der Waals surface area contributed by atoms with Crippen molar-refractivity contribution in [1.29, 1.82) is 0 Å². The standard InChI is InChI=1S/C26H32N2O6/c1-26(2,3)34-25(32)28(14-13-23(29)30)16-15-27(4)24(31)33-17-22-20-11-7-5-9-18(20)19-10-6-8-12-21(19)22/h5-12,22H,13-17H2,1-4H3,(H,29,30). The van der Waals surface area contributed by atoms with Crippen LogP contribution in [0.4, 0.5) is 9.59 Å². The molecule has 182 valence electrons. The lowest BCUT2D eigenvalue weighted by Gasteiger charge is -2.28. The third kappa shape index (κ3) is 6.27. The van der Waals surface area contributed by atoms with Crippen LogP contribution in [-0.4, -0.2) is 72.0 Å². The highest BCUT2D eigenvalue weighted by Crippen LogP contribution is 2.44. The van der Waals surface area contributed by atoms with Crippen LogP contribution in [0.15, 0.2) is 48.5 Å². The van der Waals surface area contributed by atoms with Crippen molar-refractivity contribution in [3.05, 3.63) is 59.7 Å². The Bertz CT molecular complexity index is 1000. The number of ether oxygens (including phenoxy) is 2. The summed E-state index contributed by atoms with van der Waals surface area (Å²) in [7, 11) is 1.59. The molecular weight excluding hydrogens is 436 g/mol. The van der Waals surface area contributed by atoms with E-state index in [1.165, 1.54) is 9.80 Å². The molecule has 1 N–H and O–H groups in total. The van der Waals surface area contributed by atoms with Gasteiger partial charge in [-0.15, -0.1) is 0 Å². The summed E-state index contributed by atoms with van der Waals surface area (Å²) in [6.45, 7) is 5.71. The van der Waals surface area contributed by atoms with E-state index in [9.17, 15) is 14.4 Å². The number of hydrogen-bond donors (Lipinski definition) is 1. The number of amides is 2. The molecule has 0 saturated heterocycles. The molecule has 3 rings (SSSR count). The fourth-order valence-corrected chi connectivity index (χ4v) is 3.92. The Kier molecular flexibility index (Phi) is 7.81. The highest BCUT2D eigenvalue weighted by Gasteiger charge is 2.29. The van der Waals surface area contributed by atoms with Crippen molar-refractivity contribution in [3.63, 3.8) is 0 Å². The monoisotopic (exact) mass is 468 g/mol. The number of rotatable bonds is 8. The second kappa shape index (κ2) is 10.6. The predicted octanol–water partition coefficient (Wildman–Crippen LogP) is 4.58. The average molecular weight is 469 g/mol. The van der Waals surface area contributed by atoms with E-state index in [1.54, 1.807) is 27.8 Å². The fourth-order valence-electron chi connectivity index (χ4n) is 3.92. The quantitative estimate of drug-likeness (QED) is 0.609. The van der Waals surface area contributed by atoms with Crippen molar-refractivity contribution in [2.45, 2.75) is 38.7 Å². The predicted molar refractivity (Wildman–Crippen MR) is 128 cm³/mol. The minimum atomic E-state index is -1.02. The number of carbonyl (C=O) groups excluding carboxylic acids is 2. The van der Waals surface area contributed by atoms with E-state index in [-0.39, 0.29) is 38.6 Å². The van der Waals surface area contributed by atoms with Gasteiger partial charge in [0.1, 0.15) is 12.2 Å². The van der Waals surface area contributed by atoms with Gasteiger partial charge in [0.15, 0.2) is 0 Å². The van der Waals surface area contributed by atoms with Crippen molar-refractivity contribution in [1.82, 2.24) is 9.80 Å². The van der Waals surface area contributed by atoms with Gasteiger partial charge in [-0.1, -0.05) is 48.5 Å². The first kappa shape index (κ1) is 25.1. The Morgan fingerprint density at radius 3 is 1.97 bits per heavy atom. The Balaban J connectivity index is 1.59. The number of carboxylic acids is 1. The molecule has 1 aliphatic carbocycles. The lowest BCUT2D eigenvalue weighted by molar-refractivity contribution is -0.137. The molecule has 0 bridgehead atoms. The molecule has 0 saturated carbocycles. The van der Waals surface area contributed by atoms with Crippen LogP contribution in [0.1, 0.15) is 44.2 Å². The topological polar surface area (TPSA) is 96.4 Å². The van der Waals surface area contributed by atoms with Crippen LogP contribution in [0.5, 0.6) is 0 Å². The normalized spacial score (nSPS) is 12.5. The molecule has 1 aliphatic rings. The number of carbonyl (C=O) groups is 3. The number of hydrogen-bond acceptors (Lipinski definition) is 5. The van der Waals surface area contributed by atoms with Gasteiger partial charge in [0.2, 0.25) is 0 Å². The zero-order chi connectivity index (χ0) is 24.9. The molecule has 0 radical (unpaired) electrons. The highest BCUT2D eigenvalue weighted by atomic mass is 16.6. The lowest BCUT2D eigenvalue weighted by Crippen LogP contribution is -2.43. The fraction of sp³-hybridized carbons (Fsp3) is 0.423.